The molecule has 5 rings (SSSR count). The van der Waals surface area contributed by atoms with E-state index in [1.54, 1.807) is 18.2 Å². The van der Waals surface area contributed by atoms with Gasteiger partial charge in [-0.05, 0) is 96.6 Å². The van der Waals surface area contributed by atoms with Gasteiger partial charge in [-0.1, -0.05) is 71.7 Å². The van der Waals surface area contributed by atoms with Crippen LogP contribution in [0.5, 0.6) is 5.75 Å². The summed E-state index contributed by atoms with van der Waals surface area (Å²) in [5, 5.41) is 0.962. The number of hydrogen-bond donors (Lipinski definition) is 0. The molecule has 0 aromatic heterocycles. The van der Waals surface area contributed by atoms with Gasteiger partial charge in [-0.15, -0.1) is 0 Å². The zero-order valence-corrected chi connectivity index (χ0v) is 23.7. The molecule has 37 heavy (non-hydrogen) atoms. The lowest BCUT2D eigenvalue weighted by Gasteiger charge is -2.12. The maximum absolute atomic E-state index is 12.5. The van der Waals surface area contributed by atoms with Gasteiger partial charge in [0.05, 0.1) is 19.0 Å². The summed E-state index contributed by atoms with van der Waals surface area (Å²) < 4.78 is 12.8. The van der Waals surface area contributed by atoms with Crippen LogP contribution in [0.4, 0.5) is 0 Å². The van der Waals surface area contributed by atoms with Crippen molar-refractivity contribution in [1.29, 1.82) is 0 Å². The molecule has 0 N–H and O–H groups in total. The second kappa shape index (κ2) is 11.2. The van der Waals surface area contributed by atoms with E-state index in [9.17, 15) is 4.79 Å². The lowest BCUT2D eigenvalue weighted by Crippen LogP contribution is -2.05. The van der Waals surface area contributed by atoms with E-state index in [4.69, 9.17) is 32.7 Å². The van der Waals surface area contributed by atoms with Crippen molar-refractivity contribution in [2.45, 2.75) is 6.61 Å². The van der Waals surface area contributed by atoms with E-state index in [2.05, 4.69) is 36.9 Å². The summed E-state index contributed by atoms with van der Waals surface area (Å²) in [6.45, 7) is 0.303. The smallest absolute Gasteiger partial charge is 0.363 e. The van der Waals surface area contributed by atoms with Gasteiger partial charge >= 0.3 is 5.97 Å². The zero-order valence-electron chi connectivity index (χ0n) is 19.1. The van der Waals surface area contributed by atoms with E-state index in [0.29, 0.717) is 31.3 Å². The van der Waals surface area contributed by atoms with Gasteiger partial charge in [0.25, 0.3) is 0 Å². The van der Waals surface area contributed by atoms with Crippen LogP contribution in [0.1, 0.15) is 16.7 Å². The zero-order chi connectivity index (χ0) is 25.9. The number of rotatable bonds is 6. The largest absolute Gasteiger partial charge is 0.487 e. The van der Waals surface area contributed by atoms with Crippen molar-refractivity contribution >= 4 is 73.0 Å². The van der Waals surface area contributed by atoms with Gasteiger partial charge in [-0.3, -0.25) is 0 Å². The van der Waals surface area contributed by atoms with Gasteiger partial charge in [0.1, 0.15) is 12.4 Å². The number of carbonyl (C=O) groups excluding carboxylic acids is 1. The molecule has 0 aliphatic carbocycles. The molecule has 4 nitrogen and oxygen atoms in total. The van der Waals surface area contributed by atoms with Crippen LogP contribution in [-0.4, -0.2) is 11.9 Å². The number of aliphatic imine (C=N–C) groups is 1. The summed E-state index contributed by atoms with van der Waals surface area (Å²) in [5.41, 5.74) is 4.75. The summed E-state index contributed by atoms with van der Waals surface area (Å²) in [6.07, 6.45) is 1.67. The van der Waals surface area contributed by atoms with Crippen LogP contribution in [0.25, 0.3) is 17.2 Å². The van der Waals surface area contributed by atoms with E-state index in [1.165, 1.54) is 0 Å². The molecule has 0 saturated carbocycles. The van der Waals surface area contributed by atoms with Crippen molar-refractivity contribution in [2.24, 2.45) is 4.99 Å². The van der Waals surface area contributed by atoms with E-state index in [0.717, 1.165) is 27.8 Å². The first-order valence-corrected chi connectivity index (χ1v) is 13.5. The third-order valence-electron chi connectivity index (χ3n) is 5.55. The van der Waals surface area contributed by atoms with E-state index >= 15 is 0 Å². The summed E-state index contributed by atoms with van der Waals surface area (Å²) >= 11 is 19.2. The van der Waals surface area contributed by atoms with Crippen molar-refractivity contribution in [3.63, 3.8) is 0 Å². The van der Waals surface area contributed by atoms with Crippen molar-refractivity contribution < 1.29 is 14.3 Å². The quantitative estimate of drug-likeness (QED) is 0.154. The molecule has 0 bridgehead atoms. The van der Waals surface area contributed by atoms with Crippen LogP contribution in [0.2, 0.25) is 10.0 Å². The van der Waals surface area contributed by atoms with Crippen LogP contribution >= 0.6 is 55.1 Å². The summed E-state index contributed by atoms with van der Waals surface area (Å²) in [6, 6.07) is 26.8. The predicted octanol–water partition coefficient (Wildman–Crippen LogP) is 9.11. The maximum atomic E-state index is 12.5. The van der Waals surface area contributed by atoms with Crippen LogP contribution in [0.3, 0.4) is 0 Å². The Morgan fingerprint density at radius 1 is 0.811 bits per heavy atom. The number of cyclic esters (lactones) is 1. The number of nitrogens with zero attached hydrogens (tertiary/aromatic N) is 1. The molecule has 0 fully saturated rings. The van der Waals surface area contributed by atoms with Gasteiger partial charge < -0.3 is 9.47 Å². The Kier molecular flexibility index (Phi) is 7.81. The molecular weight excluding hydrogens is 641 g/mol. The fraction of sp³-hybridized carbons (Fsp3) is 0.0345. The molecule has 0 saturated heterocycles. The number of ether oxygens (including phenoxy) is 2. The molecule has 0 amide bonds. The van der Waals surface area contributed by atoms with Gasteiger partial charge in [-0.2, -0.15) is 0 Å². The highest BCUT2D eigenvalue weighted by atomic mass is 79.9. The van der Waals surface area contributed by atoms with E-state index in [-0.39, 0.29) is 11.6 Å². The summed E-state index contributed by atoms with van der Waals surface area (Å²) in [4.78, 5) is 17.0. The molecule has 1 aliphatic heterocycles. The minimum atomic E-state index is -0.505. The third kappa shape index (κ3) is 5.99. The highest BCUT2D eigenvalue weighted by Gasteiger charge is 2.24. The molecule has 4 aromatic carbocycles. The maximum Gasteiger partial charge on any atom is 0.363 e. The minimum Gasteiger partial charge on any atom is -0.487 e. The fourth-order valence-electron chi connectivity index (χ4n) is 3.71. The number of hydrogen-bond acceptors (Lipinski definition) is 4. The Balaban J connectivity index is 1.33. The second-order valence-corrected chi connectivity index (χ2v) is 10.7. The second-order valence-electron chi connectivity index (χ2n) is 8.13. The van der Waals surface area contributed by atoms with Crippen molar-refractivity contribution in [3.8, 4) is 16.9 Å². The van der Waals surface area contributed by atoms with Crippen molar-refractivity contribution in [2.75, 3.05) is 0 Å². The Hall–Kier alpha value is -2.90. The van der Waals surface area contributed by atoms with Gasteiger partial charge in [0.2, 0.25) is 5.90 Å². The lowest BCUT2D eigenvalue weighted by atomic mass is 10.0. The SMILES string of the molecule is O=C1OC(c2ccc(-c3ccccc3)cc2)=N/C1=C\c1cc(Br)c(OCc2ccc(Cl)c(Cl)c2)c(Br)c1. The highest BCUT2D eigenvalue weighted by molar-refractivity contribution is 9.11. The average molecular weight is 658 g/mol. The van der Waals surface area contributed by atoms with Crippen LogP contribution in [0, 0.1) is 0 Å². The topological polar surface area (TPSA) is 47.9 Å². The standard InChI is InChI=1S/C29H17Br2Cl2NO3/c30-22-12-18(13-23(31)27(22)36-16-17-6-11-24(32)25(33)14-17)15-26-29(35)37-28(34-26)21-9-7-20(8-10-21)19-4-2-1-3-5-19/h1-15H,16H2/b26-15-. The van der Waals surface area contributed by atoms with Crippen LogP contribution < -0.4 is 4.74 Å². The molecule has 0 unspecified atom stereocenters. The first-order chi connectivity index (χ1) is 17.9. The average Bonchev–Trinajstić information content (AvgIpc) is 3.26. The highest BCUT2D eigenvalue weighted by Crippen LogP contribution is 2.36. The third-order valence-corrected chi connectivity index (χ3v) is 7.47. The predicted molar refractivity (Wildman–Crippen MR) is 155 cm³/mol. The number of esters is 1. The Morgan fingerprint density at radius 3 is 2.14 bits per heavy atom. The first-order valence-electron chi connectivity index (χ1n) is 11.1. The Morgan fingerprint density at radius 2 is 1.46 bits per heavy atom. The Labute approximate surface area is 240 Å². The van der Waals surface area contributed by atoms with Gasteiger partial charge in [-0.25, -0.2) is 9.79 Å². The molecule has 0 spiro atoms. The molecule has 1 aliphatic rings. The molecular formula is C29H17Br2Cl2NO3. The van der Waals surface area contributed by atoms with Crippen LogP contribution in [-0.2, 0) is 16.1 Å². The number of halogens is 4. The molecule has 184 valence electrons. The number of carbonyl (C=O) groups is 1. The monoisotopic (exact) mass is 655 g/mol. The first kappa shape index (κ1) is 25.7. The van der Waals surface area contributed by atoms with Crippen molar-refractivity contribution in [3.05, 3.63) is 126 Å². The number of benzene rings is 4. The molecule has 0 atom stereocenters. The fourth-order valence-corrected chi connectivity index (χ4v) is 5.48. The Bertz CT molecular complexity index is 1530. The normalized spacial score (nSPS) is 14.0. The molecule has 1 heterocycles. The van der Waals surface area contributed by atoms with Gasteiger partial charge in [0.15, 0.2) is 5.70 Å². The summed E-state index contributed by atoms with van der Waals surface area (Å²) in [5.74, 6) is 0.384. The summed E-state index contributed by atoms with van der Waals surface area (Å²) in [7, 11) is 0. The molecule has 8 heteroatoms. The van der Waals surface area contributed by atoms with Crippen LogP contribution in [0.15, 0.2) is 105 Å². The van der Waals surface area contributed by atoms with E-state index in [1.807, 2.05) is 72.8 Å². The van der Waals surface area contributed by atoms with Gasteiger partial charge in [0, 0.05) is 5.56 Å². The van der Waals surface area contributed by atoms with Crippen molar-refractivity contribution in [1.82, 2.24) is 0 Å². The lowest BCUT2D eigenvalue weighted by molar-refractivity contribution is -0.129. The van der Waals surface area contributed by atoms with E-state index < -0.39 is 5.97 Å². The molecule has 0 radical (unpaired) electrons. The molecule has 4 aromatic rings. The minimum absolute atomic E-state index is 0.213.